The van der Waals surface area contributed by atoms with Gasteiger partial charge in [0.15, 0.2) is 0 Å². The van der Waals surface area contributed by atoms with Gasteiger partial charge in [-0.05, 0) is 23.6 Å². The molecule has 0 bridgehead atoms. The molecule has 1 spiro atoms. The Balaban J connectivity index is 1.57. The number of hydrogen-bond donors (Lipinski definition) is 0. The zero-order valence-corrected chi connectivity index (χ0v) is 15.0. The molecule has 2 aromatic heterocycles. The van der Waals surface area contributed by atoms with Gasteiger partial charge in [0.2, 0.25) is 0 Å². The molecule has 8 heteroatoms. The van der Waals surface area contributed by atoms with Crippen LogP contribution in [0.3, 0.4) is 0 Å². The number of ether oxygens (including phenoxy) is 2. The number of aromatic nitrogens is 1. The standard InChI is InChI=1S/C18H19N3O4S/c22-16-10-25-18(12-21(16)15-5-1-2-6-19-15)11-20(7-8-24-13-18)17(23)14-4-3-9-26-14/h1-6,9H,7-8,10-13H2/t18-/m0/s1. The normalized spacial score (nSPS) is 23.9. The summed E-state index contributed by atoms with van der Waals surface area (Å²) < 4.78 is 11.6. The van der Waals surface area contributed by atoms with Crippen LogP contribution in [0.25, 0.3) is 0 Å². The molecule has 0 aromatic carbocycles. The lowest BCUT2D eigenvalue weighted by Crippen LogP contribution is -2.61. The summed E-state index contributed by atoms with van der Waals surface area (Å²) in [6.45, 7) is 1.90. The van der Waals surface area contributed by atoms with Crippen molar-refractivity contribution in [1.82, 2.24) is 9.88 Å². The summed E-state index contributed by atoms with van der Waals surface area (Å²) in [5, 5.41) is 1.88. The van der Waals surface area contributed by atoms with Crippen LogP contribution < -0.4 is 4.90 Å². The van der Waals surface area contributed by atoms with Gasteiger partial charge >= 0.3 is 0 Å². The van der Waals surface area contributed by atoms with Crippen molar-refractivity contribution in [3.05, 3.63) is 46.8 Å². The first-order chi connectivity index (χ1) is 12.7. The maximum Gasteiger partial charge on any atom is 0.264 e. The molecule has 4 rings (SSSR count). The third kappa shape index (κ3) is 3.35. The van der Waals surface area contributed by atoms with Gasteiger partial charge < -0.3 is 14.4 Å². The van der Waals surface area contributed by atoms with E-state index in [0.29, 0.717) is 43.5 Å². The number of thiophene rings is 1. The Morgan fingerprint density at radius 2 is 2.15 bits per heavy atom. The molecule has 136 valence electrons. The van der Waals surface area contributed by atoms with Crippen LogP contribution in [0.1, 0.15) is 9.67 Å². The van der Waals surface area contributed by atoms with E-state index in [-0.39, 0.29) is 18.4 Å². The summed E-state index contributed by atoms with van der Waals surface area (Å²) in [6, 6.07) is 9.12. The van der Waals surface area contributed by atoms with Crippen molar-refractivity contribution in [3.63, 3.8) is 0 Å². The van der Waals surface area contributed by atoms with Gasteiger partial charge in [-0.15, -0.1) is 11.3 Å². The first-order valence-electron chi connectivity index (χ1n) is 8.43. The number of carbonyl (C=O) groups excluding carboxylic acids is 2. The fraction of sp³-hybridized carbons (Fsp3) is 0.389. The third-order valence-corrected chi connectivity index (χ3v) is 5.40. The molecule has 4 heterocycles. The van der Waals surface area contributed by atoms with E-state index in [2.05, 4.69) is 4.98 Å². The lowest BCUT2D eigenvalue weighted by Gasteiger charge is -2.42. The number of anilines is 1. The monoisotopic (exact) mass is 373 g/mol. The maximum absolute atomic E-state index is 12.8. The van der Waals surface area contributed by atoms with Gasteiger partial charge in [-0.2, -0.15) is 0 Å². The SMILES string of the molecule is O=C(c1cccs1)N1CCOC[C@]2(C1)CN(c1ccccn1)C(=O)CO2. The minimum atomic E-state index is -0.755. The molecule has 7 nitrogen and oxygen atoms in total. The second-order valence-corrected chi connectivity index (χ2v) is 7.34. The molecule has 2 amide bonds. The molecular weight excluding hydrogens is 354 g/mol. The summed E-state index contributed by atoms with van der Waals surface area (Å²) in [7, 11) is 0. The van der Waals surface area contributed by atoms with Crippen molar-refractivity contribution in [2.45, 2.75) is 5.60 Å². The predicted molar refractivity (Wildman–Crippen MR) is 96.3 cm³/mol. The van der Waals surface area contributed by atoms with Crippen molar-refractivity contribution < 1.29 is 19.1 Å². The second kappa shape index (κ2) is 7.14. The van der Waals surface area contributed by atoms with E-state index in [0.717, 1.165) is 0 Å². The average molecular weight is 373 g/mol. The number of carbonyl (C=O) groups is 2. The molecule has 2 fully saturated rings. The third-order valence-electron chi connectivity index (χ3n) is 4.54. The van der Waals surface area contributed by atoms with Crippen LogP contribution in [0.2, 0.25) is 0 Å². The van der Waals surface area contributed by atoms with Crippen molar-refractivity contribution in [1.29, 1.82) is 0 Å². The van der Waals surface area contributed by atoms with Gasteiger partial charge in [0.1, 0.15) is 18.0 Å². The Kier molecular flexibility index (Phi) is 4.71. The number of morpholine rings is 1. The Morgan fingerprint density at radius 3 is 2.92 bits per heavy atom. The van der Waals surface area contributed by atoms with Gasteiger partial charge in [0.05, 0.1) is 31.2 Å². The van der Waals surface area contributed by atoms with Crippen molar-refractivity contribution >= 4 is 29.0 Å². The highest BCUT2D eigenvalue weighted by Crippen LogP contribution is 2.27. The smallest absolute Gasteiger partial charge is 0.264 e. The molecule has 1 atom stereocenters. The molecule has 2 aromatic rings. The number of pyridine rings is 1. The van der Waals surface area contributed by atoms with E-state index in [1.54, 1.807) is 28.1 Å². The summed E-state index contributed by atoms with van der Waals surface area (Å²) in [4.78, 5) is 33.5. The molecule has 26 heavy (non-hydrogen) atoms. The fourth-order valence-corrected chi connectivity index (χ4v) is 3.95. The van der Waals surface area contributed by atoms with Gasteiger partial charge in [-0.3, -0.25) is 14.5 Å². The van der Waals surface area contributed by atoms with E-state index >= 15 is 0 Å². The van der Waals surface area contributed by atoms with E-state index in [9.17, 15) is 9.59 Å². The highest BCUT2D eigenvalue weighted by atomic mass is 32.1. The van der Waals surface area contributed by atoms with Crippen molar-refractivity contribution in [2.75, 3.05) is 44.4 Å². The molecule has 0 saturated carbocycles. The van der Waals surface area contributed by atoms with Crippen molar-refractivity contribution in [2.24, 2.45) is 0 Å². The van der Waals surface area contributed by atoms with Crippen molar-refractivity contribution in [3.8, 4) is 0 Å². The lowest BCUT2D eigenvalue weighted by molar-refractivity contribution is -0.145. The van der Waals surface area contributed by atoms with E-state index in [4.69, 9.17) is 9.47 Å². The van der Waals surface area contributed by atoms with Crippen LogP contribution in [0, 0.1) is 0 Å². The molecular formula is C18H19N3O4S. The zero-order valence-electron chi connectivity index (χ0n) is 14.2. The second-order valence-electron chi connectivity index (χ2n) is 6.40. The summed E-state index contributed by atoms with van der Waals surface area (Å²) in [5.74, 6) is 0.407. The van der Waals surface area contributed by atoms with Crippen LogP contribution in [0.15, 0.2) is 41.9 Å². The fourth-order valence-electron chi connectivity index (χ4n) is 3.25. The summed E-state index contributed by atoms with van der Waals surface area (Å²) >= 11 is 1.42. The predicted octanol–water partition coefficient (Wildman–Crippen LogP) is 1.42. The first kappa shape index (κ1) is 17.1. The minimum absolute atomic E-state index is 0.0326. The average Bonchev–Trinajstić information content (AvgIpc) is 3.13. The number of rotatable bonds is 2. The molecule has 0 N–H and O–H groups in total. The van der Waals surface area contributed by atoms with E-state index in [1.807, 2.05) is 23.6 Å². The van der Waals surface area contributed by atoms with Crippen LogP contribution >= 0.6 is 11.3 Å². The maximum atomic E-state index is 12.8. The van der Waals surface area contributed by atoms with Gasteiger partial charge in [-0.1, -0.05) is 12.1 Å². The van der Waals surface area contributed by atoms with Crippen LogP contribution in [0.5, 0.6) is 0 Å². The summed E-state index contributed by atoms with van der Waals surface area (Å²) in [6.07, 6.45) is 1.65. The highest BCUT2D eigenvalue weighted by molar-refractivity contribution is 7.12. The molecule has 2 aliphatic heterocycles. The van der Waals surface area contributed by atoms with Gasteiger partial charge in [0.25, 0.3) is 11.8 Å². The Labute approximate surface area is 155 Å². The van der Waals surface area contributed by atoms with E-state index < -0.39 is 5.60 Å². The number of nitrogens with zero attached hydrogens (tertiary/aromatic N) is 3. The highest BCUT2D eigenvalue weighted by Gasteiger charge is 2.44. The zero-order chi connectivity index (χ0) is 18.0. The molecule has 0 unspecified atom stereocenters. The van der Waals surface area contributed by atoms with E-state index in [1.165, 1.54) is 11.3 Å². The lowest BCUT2D eigenvalue weighted by atomic mass is 10.0. The Morgan fingerprint density at radius 1 is 1.23 bits per heavy atom. The Bertz CT molecular complexity index is 783. The van der Waals surface area contributed by atoms with Crippen LogP contribution in [-0.2, 0) is 14.3 Å². The quantitative estimate of drug-likeness (QED) is 0.796. The topological polar surface area (TPSA) is 72.0 Å². The molecule has 2 saturated heterocycles. The largest absolute Gasteiger partial charge is 0.376 e. The molecule has 2 aliphatic rings. The molecule has 0 aliphatic carbocycles. The number of amides is 2. The van der Waals surface area contributed by atoms with Gasteiger partial charge in [-0.25, -0.2) is 4.98 Å². The van der Waals surface area contributed by atoms with Crippen LogP contribution in [0.4, 0.5) is 5.82 Å². The van der Waals surface area contributed by atoms with Gasteiger partial charge in [0, 0.05) is 12.7 Å². The minimum Gasteiger partial charge on any atom is -0.376 e. The van der Waals surface area contributed by atoms with Crippen LogP contribution in [-0.4, -0.2) is 66.8 Å². The Hall–Kier alpha value is -2.29. The summed E-state index contributed by atoms with van der Waals surface area (Å²) in [5.41, 5.74) is -0.755. The number of hydrogen-bond acceptors (Lipinski definition) is 6. The first-order valence-corrected chi connectivity index (χ1v) is 9.31. The molecule has 0 radical (unpaired) electrons.